The number of carboxylic acids is 1. The summed E-state index contributed by atoms with van der Waals surface area (Å²) in [6.07, 6.45) is 0. The first-order chi connectivity index (χ1) is 8.22. The molecule has 0 amide bonds. The van der Waals surface area contributed by atoms with Gasteiger partial charge in [0.05, 0.1) is 10.9 Å². The summed E-state index contributed by atoms with van der Waals surface area (Å²) < 4.78 is 11.0. The molecule has 0 bridgehead atoms. The molecule has 0 saturated heterocycles. The monoisotopic (exact) mass is 244 g/mol. The van der Waals surface area contributed by atoms with Crippen molar-refractivity contribution >= 4 is 19.7 Å². The molecule has 0 saturated carbocycles. The Balaban J connectivity index is 2.46. The van der Waals surface area contributed by atoms with E-state index in [0.29, 0.717) is 5.30 Å². The molecule has 0 unspecified atom stereocenters. The molecular formula is C13H9O3P. The quantitative estimate of drug-likeness (QED) is 0.844. The highest BCUT2D eigenvalue weighted by Gasteiger charge is 2.06. The van der Waals surface area contributed by atoms with Crippen LogP contribution in [0.3, 0.4) is 0 Å². The van der Waals surface area contributed by atoms with Crippen LogP contribution in [0.4, 0.5) is 0 Å². The fraction of sp³-hybridized carbons (Fsp3) is 0. The molecule has 0 spiro atoms. The van der Waals surface area contributed by atoms with Gasteiger partial charge in [-0.05, 0) is 29.3 Å². The summed E-state index contributed by atoms with van der Waals surface area (Å²) in [7, 11) is -0.0425. The van der Waals surface area contributed by atoms with Crippen molar-refractivity contribution in [2.75, 3.05) is 0 Å². The van der Waals surface area contributed by atoms with Gasteiger partial charge in [0.1, 0.15) is 0 Å². The molecule has 0 heterocycles. The van der Waals surface area contributed by atoms with Crippen LogP contribution in [0.25, 0.3) is 11.1 Å². The summed E-state index contributed by atoms with van der Waals surface area (Å²) >= 11 is 0. The van der Waals surface area contributed by atoms with E-state index in [1.54, 1.807) is 18.2 Å². The normalized spacial score (nSPS) is 10.4. The number of aromatic carboxylic acids is 1. The zero-order valence-electron chi connectivity index (χ0n) is 8.83. The summed E-state index contributed by atoms with van der Waals surface area (Å²) in [6.45, 7) is 0. The van der Waals surface area contributed by atoms with E-state index in [-0.39, 0.29) is 14.0 Å². The largest absolute Gasteiger partial charge is 0.478 e. The zero-order valence-corrected chi connectivity index (χ0v) is 9.72. The van der Waals surface area contributed by atoms with Gasteiger partial charge in [0.25, 0.3) is 0 Å². The van der Waals surface area contributed by atoms with Gasteiger partial charge in [-0.15, -0.1) is 0 Å². The average Bonchev–Trinajstić information content (AvgIpc) is 2.39. The minimum atomic E-state index is -0.952. The maximum Gasteiger partial charge on any atom is 0.335 e. The van der Waals surface area contributed by atoms with Crippen molar-refractivity contribution < 1.29 is 14.5 Å². The first-order valence-corrected chi connectivity index (χ1v) is 5.79. The van der Waals surface area contributed by atoms with Gasteiger partial charge in [0.15, 0.2) is 8.46 Å². The first-order valence-electron chi connectivity index (χ1n) is 4.98. The molecule has 2 aromatic carbocycles. The van der Waals surface area contributed by atoms with Gasteiger partial charge in [-0.2, -0.15) is 0 Å². The Hall–Kier alpha value is -1.99. The topological polar surface area (TPSA) is 54.4 Å². The van der Waals surface area contributed by atoms with Crippen LogP contribution < -0.4 is 5.30 Å². The summed E-state index contributed by atoms with van der Waals surface area (Å²) in [4.78, 5) is 10.7. The van der Waals surface area contributed by atoms with Crippen molar-refractivity contribution in [2.24, 2.45) is 0 Å². The highest BCUT2D eigenvalue weighted by Crippen LogP contribution is 2.20. The molecule has 84 valence electrons. The number of carbonyl (C=O) groups is 1. The molecule has 0 aliphatic rings. The first kappa shape index (κ1) is 11.5. The zero-order chi connectivity index (χ0) is 12.3. The van der Waals surface area contributed by atoms with Crippen LogP contribution in [-0.2, 0) is 4.57 Å². The van der Waals surface area contributed by atoms with Crippen LogP contribution in [0.5, 0.6) is 0 Å². The van der Waals surface area contributed by atoms with Crippen LogP contribution in [0, 0.1) is 0 Å². The highest BCUT2D eigenvalue weighted by atomic mass is 31.1. The van der Waals surface area contributed by atoms with E-state index in [0.717, 1.165) is 11.1 Å². The predicted octanol–water partition coefficient (Wildman–Crippen LogP) is 2.97. The molecule has 4 heteroatoms. The van der Waals surface area contributed by atoms with E-state index >= 15 is 0 Å². The van der Waals surface area contributed by atoms with Crippen molar-refractivity contribution in [3.63, 3.8) is 0 Å². The molecule has 2 aromatic rings. The van der Waals surface area contributed by atoms with Crippen molar-refractivity contribution in [1.29, 1.82) is 0 Å². The van der Waals surface area contributed by atoms with E-state index in [2.05, 4.69) is 0 Å². The van der Waals surface area contributed by atoms with E-state index < -0.39 is 5.97 Å². The van der Waals surface area contributed by atoms with Gasteiger partial charge in [0.2, 0.25) is 0 Å². The van der Waals surface area contributed by atoms with Crippen LogP contribution in [0.15, 0.2) is 48.5 Å². The molecule has 0 atom stereocenters. The molecule has 3 nitrogen and oxygen atoms in total. The number of hydrogen-bond donors (Lipinski definition) is 1. The Morgan fingerprint density at radius 1 is 1.00 bits per heavy atom. The van der Waals surface area contributed by atoms with Gasteiger partial charge in [0, 0.05) is 0 Å². The Labute approximate surface area is 99.9 Å². The second-order valence-corrected chi connectivity index (χ2v) is 4.16. The fourth-order valence-corrected chi connectivity index (χ4v) is 2.04. The molecule has 2 rings (SSSR count). The van der Waals surface area contributed by atoms with Crippen molar-refractivity contribution in [3.8, 4) is 11.1 Å². The summed E-state index contributed by atoms with van der Waals surface area (Å²) in [5.41, 5.74) is 1.95. The maximum absolute atomic E-state index is 11.0. The molecule has 0 aliphatic carbocycles. The second kappa shape index (κ2) is 4.89. The number of rotatable bonds is 3. The van der Waals surface area contributed by atoms with E-state index in [1.165, 1.54) is 12.1 Å². The molecule has 1 N–H and O–H groups in total. The lowest BCUT2D eigenvalue weighted by Gasteiger charge is -2.04. The minimum absolute atomic E-state index is 0.0425. The third-order valence-electron chi connectivity index (χ3n) is 2.45. The van der Waals surface area contributed by atoms with Crippen molar-refractivity contribution in [2.45, 2.75) is 0 Å². The van der Waals surface area contributed by atoms with Gasteiger partial charge < -0.3 is 5.11 Å². The van der Waals surface area contributed by atoms with Crippen LogP contribution in [0.2, 0.25) is 0 Å². The summed E-state index contributed by atoms with van der Waals surface area (Å²) in [6, 6.07) is 13.8. The standard InChI is InChI=1S/C13H9O3P/c14-13(15)10-7-5-9(6-8-10)11-3-1-2-4-12(11)17-16/h1-8H,(H,14,15). The molecule has 0 radical (unpaired) electrons. The maximum atomic E-state index is 11.0. The van der Waals surface area contributed by atoms with E-state index in [4.69, 9.17) is 5.11 Å². The number of benzene rings is 2. The average molecular weight is 244 g/mol. The smallest absolute Gasteiger partial charge is 0.335 e. The SMILES string of the molecule is O=Pc1ccccc1-c1ccc(C(=O)O)cc1. The Morgan fingerprint density at radius 3 is 2.24 bits per heavy atom. The predicted molar refractivity (Wildman–Crippen MR) is 66.1 cm³/mol. The lowest BCUT2D eigenvalue weighted by Crippen LogP contribution is -1.98. The molecule has 17 heavy (non-hydrogen) atoms. The minimum Gasteiger partial charge on any atom is -0.478 e. The highest BCUT2D eigenvalue weighted by molar-refractivity contribution is 7.34. The van der Waals surface area contributed by atoms with Gasteiger partial charge in [-0.25, -0.2) is 4.79 Å². The summed E-state index contributed by atoms with van der Waals surface area (Å²) in [5, 5.41) is 9.49. The van der Waals surface area contributed by atoms with Crippen LogP contribution in [0.1, 0.15) is 10.4 Å². The number of carboxylic acid groups (broad SMARTS) is 1. The Morgan fingerprint density at radius 2 is 1.65 bits per heavy atom. The van der Waals surface area contributed by atoms with E-state index in [1.807, 2.05) is 18.2 Å². The summed E-state index contributed by atoms with van der Waals surface area (Å²) in [5.74, 6) is -0.952. The Bertz CT molecular complexity index is 561. The second-order valence-electron chi connectivity index (χ2n) is 3.49. The van der Waals surface area contributed by atoms with Gasteiger partial charge in [-0.1, -0.05) is 30.3 Å². The third-order valence-corrected chi connectivity index (χ3v) is 3.03. The van der Waals surface area contributed by atoms with Gasteiger partial charge in [-0.3, -0.25) is 4.57 Å². The molecular weight excluding hydrogens is 235 g/mol. The van der Waals surface area contributed by atoms with Crippen LogP contribution in [-0.4, -0.2) is 11.1 Å². The van der Waals surface area contributed by atoms with E-state index in [9.17, 15) is 9.36 Å². The molecule has 0 aliphatic heterocycles. The molecule has 0 aromatic heterocycles. The lowest BCUT2D eigenvalue weighted by atomic mass is 10.0. The van der Waals surface area contributed by atoms with Crippen molar-refractivity contribution in [3.05, 3.63) is 54.1 Å². The third kappa shape index (κ3) is 2.40. The van der Waals surface area contributed by atoms with Crippen LogP contribution >= 0.6 is 8.46 Å². The Kier molecular flexibility index (Phi) is 3.31. The van der Waals surface area contributed by atoms with Gasteiger partial charge >= 0.3 is 5.97 Å². The van der Waals surface area contributed by atoms with Crippen molar-refractivity contribution in [1.82, 2.24) is 0 Å². The number of hydrogen-bond acceptors (Lipinski definition) is 2. The fourth-order valence-electron chi connectivity index (χ4n) is 1.59. The lowest BCUT2D eigenvalue weighted by molar-refractivity contribution is 0.0697. The molecule has 0 fully saturated rings.